The second-order valence-electron chi connectivity index (χ2n) is 6.13. The lowest BCUT2D eigenvalue weighted by Crippen LogP contribution is -2.10. The minimum absolute atomic E-state index is 0.0405. The van der Waals surface area contributed by atoms with Gasteiger partial charge in [-0.3, -0.25) is 0 Å². The molecule has 0 radical (unpaired) electrons. The predicted molar refractivity (Wildman–Crippen MR) is 92.0 cm³/mol. The largest absolute Gasteiger partial charge is 0.320 e. The number of hydrogen-bond donors (Lipinski definition) is 1. The van der Waals surface area contributed by atoms with Crippen LogP contribution in [0, 0.1) is 0 Å². The average molecular weight is 299 g/mol. The zero-order chi connectivity index (χ0) is 14.7. The first-order valence-electron chi connectivity index (χ1n) is 8.24. The average Bonchev–Trinajstić information content (AvgIpc) is 2.78. The summed E-state index contributed by atoms with van der Waals surface area (Å²) < 4.78 is 0. The standard InChI is InChI=1S/C19H25NS/c1-2-7-14-8-6-10-16(12-14)19(20)18-13-15-9-4-3-5-11-17(15)21-18/h6,8,10,12-13,19H,2-5,7,9,11,20H2,1H3. The molecular weight excluding hydrogens is 274 g/mol. The summed E-state index contributed by atoms with van der Waals surface area (Å²) in [4.78, 5) is 2.93. The van der Waals surface area contributed by atoms with Crippen molar-refractivity contribution in [2.75, 3.05) is 0 Å². The van der Waals surface area contributed by atoms with Gasteiger partial charge in [-0.2, -0.15) is 0 Å². The number of rotatable bonds is 4. The highest BCUT2D eigenvalue weighted by Crippen LogP contribution is 2.34. The van der Waals surface area contributed by atoms with E-state index in [1.54, 1.807) is 10.4 Å². The molecule has 1 atom stereocenters. The van der Waals surface area contributed by atoms with Crippen LogP contribution in [0.2, 0.25) is 0 Å². The number of nitrogens with two attached hydrogens (primary N) is 1. The van der Waals surface area contributed by atoms with Gasteiger partial charge in [0.2, 0.25) is 0 Å². The highest BCUT2D eigenvalue weighted by molar-refractivity contribution is 7.12. The number of thiophene rings is 1. The Morgan fingerprint density at radius 2 is 2.00 bits per heavy atom. The number of benzene rings is 1. The van der Waals surface area contributed by atoms with Crippen LogP contribution in [0.25, 0.3) is 0 Å². The highest BCUT2D eigenvalue weighted by atomic mass is 32.1. The van der Waals surface area contributed by atoms with Gasteiger partial charge in [0.15, 0.2) is 0 Å². The van der Waals surface area contributed by atoms with Crippen molar-refractivity contribution in [3.63, 3.8) is 0 Å². The maximum Gasteiger partial charge on any atom is 0.0646 e. The van der Waals surface area contributed by atoms with Gasteiger partial charge in [-0.25, -0.2) is 0 Å². The van der Waals surface area contributed by atoms with Crippen LogP contribution in [0.15, 0.2) is 30.3 Å². The van der Waals surface area contributed by atoms with Crippen LogP contribution in [0.5, 0.6) is 0 Å². The first-order chi connectivity index (χ1) is 10.3. The Balaban J connectivity index is 1.84. The van der Waals surface area contributed by atoms with Gasteiger partial charge in [0.25, 0.3) is 0 Å². The van der Waals surface area contributed by atoms with E-state index in [9.17, 15) is 0 Å². The van der Waals surface area contributed by atoms with Crippen LogP contribution in [0.1, 0.15) is 65.1 Å². The van der Waals surface area contributed by atoms with Gasteiger partial charge in [0.05, 0.1) is 6.04 Å². The first kappa shape index (κ1) is 14.8. The molecule has 1 aromatic carbocycles. The predicted octanol–water partition coefficient (Wildman–Crippen LogP) is 5.02. The Bertz CT molecular complexity index is 576. The van der Waals surface area contributed by atoms with Crippen LogP contribution >= 0.6 is 11.3 Å². The zero-order valence-electron chi connectivity index (χ0n) is 12.9. The summed E-state index contributed by atoms with van der Waals surface area (Å²) in [5.41, 5.74) is 10.8. The van der Waals surface area contributed by atoms with E-state index in [1.165, 1.54) is 54.5 Å². The molecule has 2 aromatic rings. The molecule has 2 N–H and O–H groups in total. The summed E-state index contributed by atoms with van der Waals surface area (Å²) in [6.45, 7) is 2.23. The Hall–Kier alpha value is -1.12. The summed E-state index contributed by atoms with van der Waals surface area (Å²) in [6.07, 6.45) is 8.88. The summed E-state index contributed by atoms with van der Waals surface area (Å²) in [6, 6.07) is 11.2. The number of hydrogen-bond acceptors (Lipinski definition) is 2. The summed E-state index contributed by atoms with van der Waals surface area (Å²) in [7, 11) is 0. The second kappa shape index (κ2) is 6.76. The topological polar surface area (TPSA) is 26.0 Å². The molecule has 3 rings (SSSR count). The Morgan fingerprint density at radius 3 is 2.86 bits per heavy atom. The molecule has 0 saturated carbocycles. The zero-order valence-corrected chi connectivity index (χ0v) is 13.7. The van der Waals surface area contributed by atoms with E-state index in [2.05, 4.69) is 37.3 Å². The minimum atomic E-state index is 0.0405. The molecule has 1 nitrogen and oxygen atoms in total. The Kier molecular flexibility index (Phi) is 4.77. The molecule has 21 heavy (non-hydrogen) atoms. The van der Waals surface area contributed by atoms with Crippen molar-refractivity contribution < 1.29 is 0 Å². The lowest BCUT2D eigenvalue weighted by Gasteiger charge is -2.11. The van der Waals surface area contributed by atoms with Crippen molar-refractivity contribution in [2.45, 2.75) is 57.9 Å². The van der Waals surface area contributed by atoms with Crippen LogP contribution in [-0.4, -0.2) is 0 Å². The molecule has 112 valence electrons. The van der Waals surface area contributed by atoms with Gasteiger partial charge in [-0.1, -0.05) is 44.0 Å². The quantitative estimate of drug-likeness (QED) is 0.788. The van der Waals surface area contributed by atoms with Gasteiger partial charge in [0, 0.05) is 9.75 Å². The van der Waals surface area contributed by atoms with Crippen molar-refractivity contribution in [1.29, 1.82) is 0 Å². The van der Waals surface area contributed by atoms with E-state index in [0.29, 0.717) is 0 Å². The molecular formula is C19H25NS. The van der Waals surface area contributed by atoms with E-state index < -0.39 is 0 Å². The van der Waals surface area contributed by atoms with Crippen molar-refractivity contribution in [2.24, 2.45) is 5.73 Å². The molecule has 0 bridgehead atoms. The van der Waals surface area contributed by atoms with Crippen LogP contribution in [0.4, 0.5) is 0 Å². The van der Waals surface area contributed by atoms with E-state index >= 15 is 0 Å². The van der Waals surface area contributed by atoms with Gasteiger partial charge in [-0.05, 0) is 54.9 Å². The summed E-state index contributed by atoms with van der Waals surface area (Å²) in [5, 5.41) is 0. The van der Waals surface area contributed by atoms with Crippen molar-refractivity contribution in [3.8, 4) is 0 Å². The minimum Gasteiger partial charge on any atom is -0.320 e. The lowest BCUT2D eigenvalue weighted by atomic mass is 10.0. The normalized spacial score (nSPS) is 16.3. The third-order valence-corrected chi connectivity index (χ3v) is 5.74. The SMILES string of the molecule is CCCc1cccc(C(N)c2cc3c(s2)CCCCC3)c1. The number of fused-ring (bicyclic) bond motifs is 1. The van der Waals surface area contributed by atoms with Crippen molar-refractivity contribution in [3.05, 3.63) is 56.8 Å². The molecule has 0 amide bonds. The molecule has 1 aliphatic rings. The molecule has 0 saturated heterocycles. The summed E-state index contributed by atoms with van der Waals surface area (Å²) in [5.74, 6) is 0. The molecule has 0 aliphatic heterocycles. The van der Waals surface area contributed by atoms with E-state index in [1.807, 2.05) is 11.3 Å². The second-order valence-corrected chi connectivity index (χ2v) is 7.30. The van der Waals surface area contributed by atoms with Crippen LogP contribution < -0.4 is 5.73 Å². The van der Waals surface area contributed by atoms with Gasteiger partial charge in [0.1, 0.15) is 0 Å². The third-order valence-electron chi connectivity index (χ3n) is 4.42. The maximum absolute atomic E-state index is 6.54. The molecule has 2 heteroatoms. The van der Waals surface area contributed by atoms with E-state index in [4.69, 9.17) is 5.73 Å². The fourth-order valence-electron chi connectivity index (χ4n) is 3.24. The molecule has 1 aromatic heterocycles. The van der Waals surface area contributed by atoms with Gasteiger partial charge in [-0.15, -0.1) is 11.3 Å². The molecule has 0 spiro atoms. The lowest BCUT2D eigenvalue weighted by molar-refractivity contribution is 0.712. The molecule has 1 heterocycles. The molecule has 1 aliphatic carbocycles. The maximum atomic E-state index is 6.54. The van der Waals surface area contributed by atoms with Crippen molar-refractivity contribution in [1.82, 2.24) is 0 Å². The molecule has 0 fully saturated rings. The summed E-state index contributed by atoms with van der Waals surface area (Å²) >= 11 is 1.95. The fraction of sp³-hybridized carbons (Fsp3) is 0.474. The Labute approximate surface area is 132 Å². The Morgan fingerprint density at radius 1 is 1.14 bits per heavy atom. The first-order valence-corrected chi connectivity index (χ1v) is 9.05. The number of aryl methyl sites for hydroxylation is 3. The third kappa shape index (κ3) is 3.38. The van der Waals surface area contributed by atoms with Crippen molar-refractivity contribution >= 4 is 11.3 Å². The van der Waals surface area contributed by atoms with E-state index in [0.717, 1.165) is 6.42 Å². The monoisotopic (exact) mass is 299 g/mol. The van der Waals surface area contributed by atoms with Crippen LogP contribution in [0.3, 0.4) is 0 Å². The van der Waals surface area contributed by atoms with E-state index in [-0.39, 0.29) is 6.04 Å². The van der Waals surface area contributed by atoms with Gasteiger partial charge >= 0.3 is 0 Å². The fourth-order valence-corrected chi connectivity index (χ4v) is 4.53. The highest BCUT2D eigenvalue weighted by Gasteiger charge is 2.17. The molecule has 1 unspecified atom stereocenters. The smallest absolute Gasteiger partial charge is 0.0646 e. The van der Waals surface area contributed by atoms with Gasteiger partial charge < -0.3 is 5.73 Å². The van der Waals surface area contributed by atoms with Crippen LogP contribution in [-0.2, 0) is 19.3 Å².